The van der Waals surface area contributed by atoms with E-state index in [1.807, 2.05) is 37.3 Å². The SMILES string of the molecule is CCOC(=O)c1cccc(NC(=O)c2ccc(-c3nc(CSc4ccccc4)c(C)o3)cc2)c1. The predicted octanol–water partition coefficient (Wildman–Crippen LogP) is 6.37. The molecular formula is C27H24N2O4S. The van der Waals surface area contributed by atoms with Crippen molar-refractivity contribution in [3.8, 4) is 11.5 Å². The first kappa shape index (κ1) is 23.3. The van der Waals surface area contributed by atoms with Crippen LogP contribution in [0.3, 0.4) is 0 Å². The molecule has 0 aliphatic rings. The molecule has 1 N–H and O–H groups in total. The highest BCUT2D eigenvalue weighted by molar-refractivity contribution is 7.98. The summed E-state index contributed by atoms with van der Waals surface area (Å²) in [5, 5.41) is 2.81. The molecular weight excluding hydrogens is 448 g/mol. The van der Waals surface area contributed by atoms with Crippen LogP contribution in [0.25, 0.3) is 11.5 Å². The number of anilines is 1. The molecule has 4 rings (SSSR count). The average Bonchev–Trinajstić information content (AvgIpc) is 3.24. The molecule has 1 heterocycles. The molecule has 0 saturated heterocycles. The van der Waals surface area contributed by atoms with Gasteiger partial charge in [0, 0.05) is 27.5 Å². The van der Waals surface area contributed by atoms with Gasteiger partial charge in [-0.25, -0.2) is 9.78 Å². The highest BCUT2D eigenvalue weighted by Gasteiger charge is 2.14. The summed E-state index contributed by atoms with van der Waals surface area (Å²) in [6.07, 6.45) is 0. The van der Waals surface area contributed by atoms with Gasteiger partial charge in [-0.1, -0.05) is 24.3 Å². The highest BCUT2D eigenvalue weighted by Crippen LogP contribution is 2.27. The number of amides is 1. The van der Waals surface area contributed by atoms with Crippen molar-refractivity contribution in [2.45, 2.75) is 24.5 Å². The largest absolute Gasteiger partial charge is 0.462 e. The van der Waals surface area contributed by atoms with E-state index in [1.165, 1.54) is 4.90 Å². The zero-order chi connectivity index (χ0) is 23.9. The number of nitrogens with one attached hydrogen (secondary N) is 1. The molecule has 0 aliphatic carbocycles. The maximum absolute atomic E-state index is 12.7. The fourth-order valence-corrected chi connectivity index (χ4v) is 4.18. The van der Waals surface area contributed by atoms with E-state index in [-0.39, 0.29) is 5.91 Å². The molecule has 4 aromatic rings. The van der Waals surface area contributed by atoms with Gasteiger partial charge in [0.05, 0.1) is 17.9 Å². The minimum Gasteiger partial charge on any atom is -0.462 e. The summed E-state index contributed by atoms with van der Waals surface area (Å²) in [4.78, 5) is 30.4. The third-order valence-electron chi connectivity index (χ3n) is 5.04. The van der Waals surface area contributed by atoms with Crippen molar-refractivity contribution in [3.63, 3.8) is 0 Å². The Hall–Kier alpha value is -3.84. The predicted molar refractivity (Wildman–Crippen MR) is 133 cm³/mol. The van der Waals surface area contributed by atoms with Crippen molar-refractivity contribution in [3.05, 3.63) is 101 Å². The van der Waals surface area contributed by atoms with Gasteiger partial charge >= 0.3 is 5.97 Å². The first-order valence-electron chi connectivity index (χ1n) is 10.9. The van der Waals surface area contributed by atoms with E-state index in [4.69, 9.17) is 9.15 Å². The second-order valence-electron chi connectivity index (χ2n) is 7.46. The molecule has 7 heteroatoms. The third kappa shape index (κ3) is 5.74. The summed E-state index contributed by atoms with van der Waals surface area (Å²) >= 11 is 1.70. The molecule has 34 heavy (non-hydrogen) atoms. The van der Waals surface area contributed by atoms with Crippen LogP contribution in [-0.4, -0.2) is 23.5 Å². The molecule has 1 aromatic heterocycles. The maximum Gasteiger partial charge on any atom is 0.338 e. The summed E-state index contributed by atoms with van der Waals surface area (Å²) in [6.45, 7) is 3.94. The van der Waals surface area contributed by atoms with Gasteiger partial charge in [-0.15, -0.1) is 11.8 Å². The lowest BCUT2D eigenvalue weighted by Crippen LogP contribution is -2.12. The number of hydrogen-bond acceptors (Lipinski definition) is 6. The standard InChI is InChI=1S/C27H24N2O4S/c1-3-32-27(31)21-8-7-9-22(16-21)28-25(30)19-12-14-20(15-13-19)26-29-24(18(2)33-26)17-34-23-10-5-4-6-11-23/h4-16H,3,17H2,1-2H3,(H,28,30). The lowest BCUT2D eigenvalue weighted by Gasteiger charge is -2.08. The summed E-state index contributed by atoms with van der Waals surface area (Å²) in [5.41, 5.74) is 3.07. The number of rotatable bonds is 8. The second-order valence-corrected chi connectivity index (χ2v) is 8.51. The number of ether oxygens (including phenoxy) is 1. The Morgan fingerprint density at radius 3 is 2.47 bits per heavy atom. The highest BCUT2D eigenvalue weighted by atomic mass is 32.2. The fraction of sp³-hybridized carbons (Fsp3) is 0.148. The Kier molecular flexibility index (Phi) is 7.44. The molecule has 0 atom stereocenters. The molecule has 0 spiro atoms. The van der Waals surface area contributed by atoms with E-state index >= 15 is 0 Å². The van der Waals surface area contributed by atoms with Crippen molar-refractivity contribution in [2.24, 2.45) is 0 Å². The zero-order valence-corrected chi connectivity index (χ0v) is 19.7. The molecule has 0 unspecified atom stereocenters. The summed E-state index contributed by atoms with van der Waals surface area (Å²) < 4.78 is 10.9. The molecule has 0 fully saturated rings. The van der Waals surface area contributed by atoms with Crippen molar-refractivity contribution in [1.29, 1.82) is 0 Å². The maximum atomic E-state index is 12.7. The number of benzene rings is 3. The van der Waals surface area contributed by atoms with Crippen LogP contribution in [-0.2, 0) is 10.5 Å². The van der Waals surface area contributed by atoms with Gasteiger partial charge in [0.25, 0.3) is 5.91 Å². The lowest BCUT2D eigenvalue weighted by molar-refractivity contribution is 0.0526. The molecule has 1 amide bonds. The zero-order valence-electron chi connectivity index (χ0n) is 18.9. The van der Waals surface area contributed by atoms with E-state index in [9.17, 15) is 9.59 Å². The number of hydrogen-bond donors (Lipinski definition) is 1. The summed E-state index contributed by atoms with van der Waals surface area (Å²) in [5.74, 6) is 1.31. The number of aryl methyl sites for hydroxylation is 1. The minimum absolute atomic E-state index is 0.281. The molecule has 172 valence electrons. The van der Waals surface area contributed by atoms with E-state index in [1.54, 1.807) is 55.1 Å². The molecule has 3 aromatic carbocycles. The van der Waals surface area contributed by atoms with Gasteiger partial charge in [0.15, 0.2) is 0 Å². The Morgan fingerprint density at radius 2 is 1.74 bits per heavy atom. The van der Waals surface area contributed by atoms with Crippen LogP contribution in [0.1, 0.15) is 39.1 Å². The van der Waals surface area contributed by atoms with Crippen molar-refractivity contribution in [1.82, 2.24) is 4.98 Å². The van der Waals surface area contributed by atoms with Crippen LogP contribution < -0.4 is 5.32 Å². The van der Waals surface area contributed by atoms with Gasteiger partial charge < -0.3 is 14.5 Å². The minimum atomic E-state index is -0.425. The van der Waals surface area contributed by atoms with Crippen LogP contribution in [0, 0.1) is 6.92 Å². The first-order valence-corrected chi connectivity index (χ1v) is 11.8. The first-order chi connectivity index (χ1) is 16.5. The van der Waals surface area contributed by atoms with E-state index in [2.05, 4.69) is 22.4 Å². The monoisotopic (exact) mass is 472 g/mol. The summed E-state index contributed by atoms with van der Waals surface area (Å²) in [7, 11) is 0. The molecule has 0 radical (unpaired) electrons. The average molecular weight is 473 g/mol. The van der Waals surface area contributed by atoms with Crippen LogP contribution in [0.5, 0.6) is 0 Å². The number of thioether (sulfide) groups is 1. The number of oxazole rings is 1. The number of carbonyl (C=O) groups excluding carboxylic acids is 2. The molecule has 6 nitrogen and oxygen atoms in total. The van der Waals surface area contributed by atoms with Gasteiger partial charge in [0.1, 0.15) is 5.76 Å². The van der Waals surface area contributed by atoms with E-state index in [0.29, 0.717) is 35.1 Å². The normalized spacial score (nSPS) is 10.6. The quantitative estimate of drug-likeness (QED) is 0.237. The number of carbonyl (C=O) groups is 2. The Morgan fingerprint density at radius 1 is 0.971 bits per heavy atom. The van der Waals surface area contributed by atoms with Crippen molar-refractivity contribution >= 4 is 29.3 Å². The smallest absolute Gasteiger partial charge is 0.338 e. The van der Waals surface area contributed by atoms with E-state index in [0.717, 1.165) is 17.0 Å². The molecule has 0 bridgehead atoms. The van der Waals surface area contributed by atoms with Crippen LogP contribution >= 0.6 is 11.8 Å². The van der Waals surface area contributed by atoms with Gasteiger partial charge in [-0.05, 0) is 68.4 Å². The van der Waals surface area contributed by atoms with Gasteiger partial charge in [0.2, 0.25) is 5.89 Å². The Balaban J connectivity index is 1.42. The van der Waals surface area contributed by atoms with Crippen molar-refractivity contribution in [2.75, 3.05) is 11.9 Å². The Labute approximate surface area is 202 Å². The fourth-order valence-electron chi connectivity index (χ4n) is 3.26. The van der Waals surface area contributed by atoms with Crippen LogP contribution in [0.4, 0.5) is 5.69 Å². The Bertz CT molecular complexity index is 1280. The topological polar surface area (TPSA) is 81.4 Å². The molecule has 0 aliphatic heterocycles. The van der Waals surface area contributed by atoms with Crippen molar-refractivity contribution < 1.29 is 18.7 Å². The number of aromatic nitrogens is 1. The number of nitrogens with zero attached hydrogens (tertiary/aromatic N) is 1. The second kappa shape index (κ2) is 10.9. The number of esters is 1. The lowest BCUT2D eigenvalue weighted by atomic mass is 10.1. The van der Waals surface area contributed by atoms with Gasteiger partial charge in [-0.2, -0.15) is 0 Å². The third-order valence-corrected chi connectivity index (χ3v) is 6.06. The molecule has 0 saturated carbocycles. The van der Waals surface area contributed by atoms with E-state index < -0.39 is 5.97 Å². The van der Waals surface area contributed by atoms with Crippen LogP contribution in [0.15, 0.2) is 88.2 Å². The van der Waals surface area contributed by atoms with Crippen LogP contribution in [0.2, 0.25) is 0 Å². The van der Waals surface area contributed by atoms with Gasteiger partial charge in [-0.3, -0.25) is 4.79 Å². The summed E-state index contributed by atoms with van der Waals surface area (Å²) in [6, 6.07) is 23.9.